The minimum atomic E-state index is -1.04. The molecular weight excluding hydrogens is 1930 g/mol. The van der Waals surface area contributed by atoms with Gasteiger partial charge >= 0.3 is 31.4 Å². The molecule has 7 aromatic rings. The number of carboxylic acids is 1. The molecule has 41 heteroatoms. The first-order valence-corrected chi connectivity index (χ1v) is 48.4. The third kappa shape index (κ3) is 38.0. The van der Waals surface area contributed by atoms with Gasteiger partial charge in [-0.05, 0) is 296 Å². The molecule has 137 heavy (non-hydrogen) atoms. The second kappa shape index (κ2) is 52.5. The summed E-state index contributed by atoms with van der Waals surface area (Å²) in [7, 11) is 7.07. The van der Waals surface area contributed by atoms with Gasteiger partial charge in [-0.25, -0.2) is 48.5 Å². The Bertz CT molecular complexity index is 5180. The number of carbonyl (C=O) groups is 7. The average molecular weight is 2070 g/mol. The SMILES string of the molecule is C=CC(=O)Nc1ccc(C(=O)N2CC[C@@H](Cc3ncc(C4CC4)c(OC)n3)C2)cc1.C=CC(=O)Nc1ccc(C(=O)O)cc1.CC(C)(C)OC(=O)N1CC[C@@H](N)C1.COc1nc(C[C@@H]2CCN(C(=O)OC(C)(C)C)C2)ncc1Br.COc1nc(C[C@@H]2CCN(C(=O)OC(C)(C)C)C2)ncc1C1CC1.COc1nc(C[C@@H]2CCN(Cl)C2)ncc1C1CC1.COc1nc(Cl)ncc1Br.OB(O)C1CC1. The molecule has 5 atom stereocenters. The van der Waals surface area contributed by atoms with Crippen LogP contribution in [-0.2, 0) is 49.5 Å². The van der Waals surface area contributed by atoms with Crippen LogP contribution in [0.25, 0.3) is 0 Å². The van der Waals surface area contributed by atoms with E-state index in [9.17, 15) is 33.6 Å². The van der Waals surface area contributed by atoms with Crippen molar-refractivity contribution in [3.63, 3.8) is 0 Å². The Morgan fingerprint density at radius 1 is 0.445 bits per heavy atom. The normalized spacial score (nSPS) is 18.6. The Labute approximate surface area is 829 Å². The third-order valence-corrected chi connectivity index (χ3v) is 24.2. The van der Waals surface area contributed by atoms with Crippen LogP contribution in [0.4, 0.5) is 25.8 Å². The van der Waals surface area contributed by atoms with Crippen LogP contribution in [0.1, 0.15) is 224 Å². The predicted octanol–water partition coefficient (Wildman–Crippen LogP) is 15.8. The van der Waals surface area contributed by atoms with Crippen LogP contribution in [0.15, 0.2) is 114 Å². The van der Waals surface area contributed by atoms with Crippen molar-refractivity contribution in [3.8, 4) is 29.4 Å². The molecule has 0 spiro atoms. The number of likely N-dealkylation sites (tertiary alicyclic amines) is 4. The summed E-state index contributed by atoms with van der Waals surface area (Å²) >= 11 is 18.0. The molecule has 5 saturated heterocycles. The van der Waals surface area contributed by atoms with Crippen molar-refractivity contribution < 1.29 is 86.6 Å². The van der Waals surface area contributed by atoms with Crippen LogP contribution in [0, 0.1) is 23.7 Å². The van der Waals surface area contributed by atoms with Gasteiger partial charge in [0.05, 0.1) is 50.1 Å². The summed E-state index contributed by atoms with van der Waals surface area (Å²) in [6.45, 7) is 31.1. The molecule has 744 valence electrons. The van der Waals surface area contributed by atoms with Crippen LogP contribution < -0.4 is 40.1 Å². The van der Waals surface area contributed by atoms with Gasteiger partial charge < -0.3 is 89.0 Å². The monoisotopic (exact) mass is 2060 g/mol. The van der Waals surface area contributed by atoms with Gasteiger partial charge in [-0.1, -0.05) is 26.0 Å². The second-order valence-electron chi connectivity index (χ2n) is 37.7. The lowest BCUT2D eigenvalue weighted by Crippen LogP contribution is -2.36. The van der Waals surface area contributed by atoms with Crippen molar-refractivity contribution in [2.45, 2.75) is 218 Å². The van der Waals surface area contributed by atoms with Crippen molar-refractivity contribution >= 4 is 116 Å². The van der Waals surface area contributed by atoms with E-state index >= 15 is 0 Å². The van der Waals surface area contributed by atoms with Gasteiger partial charge in [0.25, 0.3) is 5.91 Å². The van der Waals surface area contributed by atoms with Crippen molar-refractivity contribution in [2.24, 2.45) is 29.4 Å². The van der Waals surface area contributed by atoms with Gasteiger partial charge in [0, 0.05) is 162 Å². The molecule has 9 fully saturated rings. The molecule has 7 N–H and O–H groups in total. The lowest BCUT2D eigenvalue weighted by atomic mass is 9.84. The Morgan fingerprint density at radius 3 is 1.07 bits per heavy atom. The van der Waals surface area contributed by atoms with E-state index in [1.54, 1.807) is 73.6 Å². The number of methoxy groups -OCH3 is 5. The van der Waals surface area contributed by atoms with Crippen LogP contribution in [0.5, 0.6) is 29.4 Å². The van der Waals surface area contributed by atoms with Gasteiger partial charge in [0.1, 0.15) is 40.1 Å². The number of rotatable bonds is 23. The average Bonchev–Trinajstić information content (AvgIpc) is 1.68. The fourth-order valence-corrected chi connectivity index (χ4v) is 16.1. The molecule has 0 radical (unpaired) electrons. The molecule has 5 aliphatic heterocycles. The van der Waals surface area contributed by atoms with Crippen molar-refractivity contribution in [1.82, 2.24) is 73.9 Å². The number of ether oxygens (including phenoxy) is 8. The third-order valence-electron chi connectivity index (χ3n) is 22.6. The number of aromatic nitrogens is 10. The van der Waals surface area contributed by atoms with Gasteiger partial charge in [-0.2, -0.15) is 24.9 Å². The van der Waals surface area contributed by atoms with Gasteiger partial charge in [0.15, 0.2) is 0 Å². The molecule has 2 aromatic carbocycles. The van der Waals surface area contributed by atoms with E-state index < -0.39 is 29.9 Å². The second-order valence-corrected chi connectivity index (χ2v) is 40.2. The number of halogens is 4. The highest BCUT2D eigenvalue weighted by Gasteiger charge is 2.38. The van der Waals surface area contributed by atoms with Crippen LogP contribution in [0.2, 0.25) is 11.1 Å². The first-order chi connectivity index (χ1) is 65.0. The first kappa shape index (κ1) is 110. The fraction of sp³-hybridized carbons (Fsp3) is 0.552. The Hall–Kier alpha value is -10.5. The van der Waals surface area contributed by atoms with Gasteiger partial charge in [-0.15, -0.1) is 0 Å². The lowest BCUT2D eigenvalue weighted by molar-refractivity contribution is -0.112. The summed E-state index contributed by atoms with van der Waals surface area (Å²) in [5.41, 5.74) is 9.73. The molecule has 0 unspecified atom stereocenters. The maximum absolute atomic E-state index is 12.8. The molecule has 5 aromatic heterocycles. The number of hydrogen-bond donors (Lipinski definition) is 6. The maximum atomic E-state index is 12.8. The number of amides is 6. The number of carboxylic acid groups (broad SMARTS) is 1. The predicted molar refractivity (Wildman–Crippen MR) is 527 cm³/mol. The number of benzene rings is 2. The summed E-state index contributed by atoms with van der Waals surface area (Å²) in [6, 6.07) is 12.9. The molecule has 4 saturated carbocycles. The van der Waals surface area contributed by atoms with E-state index in [1.165, 1.54) is 87.7 Å². The number of hydrogen-bond acceptors (Lipinski definition) is 29. The minimum absolute atomic E-state index is 0.00155. The molecule has 36 nitrogen and oxygen atoms in total. The van der Waals surface area contributed by atoms with E-state index in [-0.39, 0.29) is 58.7 Å². The summed E-state index contributed by atoms with van der Waals surface area (Å²) in [4.78, 5) is 132. The number of nitrogens with zero attached hydrogens (tertiary/aromatic N) is 15. The Kier molecular flexibility index (Phi) is 42.2. The van der Waals surface area contributed by atoms with E-state index in [0.29, 0.717) is 119 Å². The van der Waals surface area contributed by atoms with Crippen LogP contribution >= 0.6 is 55.2 Å². The molecular formula is C96H131BBr2Cl2N18O18. The number of carbonyl (C=O) groups excluding carboxylic acids is 6. The molecule has 4 aliphatic carbocycles. The topological polar surface area (TPSA) is 449 Å². The number of nitrogens with one attached hydrogen (secondary N) is 2. The summed E-state index contributed by atoms with van der Waals surface area (Å²) in [5.74, 6) is 8.31. The van der Waals surface area contributed by atoms with Crippen molar-refractivity contribution in [1.29, 1.82) is 0 Å². The van der Waals surface area contributed by atoms with E-state index in [1.807, 2.05) is 90.2 Å². The molecule has 9 aliphatic rings. The number of anilines is 2. The smallest absolute Gasteiger partial charge is 0.454 e. The zero-order valence-electron chi connectivity index (χ0n) is 80.7. The zero-order chi connectivity index (χ0) is 100. The first-order valence-electron chi connectivity index (χ1n) is 46.1. The van der Waals surface area contributed by atoms with Crippen molar-refractivity contribution in [2.75, 3.05) is 112 Å². The highest BCUT2D eigenvalue weighted by molar-refractivity contribution is 9.11. The lowest BCUT2D eigenvalue weighted by Gasteiger charge is -2.24. The van der Waals surface area contributed by atoms with Gasteiger partial charge in [0.2, 0.25) is 46.5 Å². The minimum Gasteiger partial charge on any atom is -0.481 e. The van der Waals surface area contributed by atoms with Crippen molar-refractivity contribution in [3.05, 3.63) is 170 Å². The highest BCUT2D eigenvalue weighted by atomic mass is 79.9. The summed E-state index contributed by atoms with van der Waals surface area (Å²) < 4.78 is 45.6. The summed E-state index contributed by atoms with van der Waals surface area (Å²) in [6.07, 6.45) is 27.8. The van der Waals surface area contributed by atoms with Crippen LogP contribution in [-0.4, -0.2) is 262 Å². The van der Waals surface area contributed by atoms with E-state index in [4.69, 9.17) is 82.2 Å². The van der Waals surface area contributed by atoms with E-state index in [0.717, 1.165) is 154 Å². The Balaban J connectivity index is 0.000000181. The highest BCUT2D eigenvalue weighted by Crippen LogP contribution is 2.46. The quantitative estimate of drug-likeness (QED) is 0.0114. The summed E-state index contributed by atoms with van der Waals surface area (Å²) in [5, 5.41) is 30.5. The maximum Gasteiger partial charge on any atom is 0.454 e. The molecule has 0 bridgehead atoms. The molecule has 6 amide bonds. The largest absolute Gasteiger partial charge is 0.481 e. The molecule has 10 heterocycles. The fourth-order valence-electron chi connectivity index (χ4n) is 14.9. The number of nitrogens with two attached hydrogens (primary N) is 1. The number of aromatic carboxylic acids is 1. The van der Waals surface area contributed by atoms with Gasteiger partial charge in [-0.3, -0.25) is 14.4 Å². The standard InChI is InChI=1S/C23H26N4O3.C18H27N3O3.C15H22BrN3O3.C13H18ClN3O.C10H9NO3.C9H18N2O2.C5H4BrClN2O.C3H7BO2/c1-3-21(28)25-18-8-6-17(7-9-18)23(29)27-11-10-15(14-27)12-20-24-13-19(16-4-5-16)22(26-20)30-2;1-18(2,3)24-17(22)21-8-7-12(11-21)9-15-19-10-14(13-5-6-13)16(20-15)23-4;1-15(2,3)22-14(20)19-6-5-10(9-19)7-12-17-8-11(16)13(18-12)21-4;1-18-13-11(10-2-3-10)7-15-12(16-13)6-9-4-5-17(14)8-9;1-2-9(12)11-8-5-3-7(4-6-8)10(13)14;1-9(2,3)13-8(12)11-5-4-7(10)6-11;1-10-4-3(6)2-8-5(7)9-4;5-4(6)3-1-2-3/h3,6-9,13,15-16H,1,4-5,10-12,14H2,2H3,(H,25,28);10,12-13H,5-9,11H2,1-4H3;8,10H,5-7,9H2,1-4H3;7,9-10H,2-6,8H2,1H3;2-6H,1H2,(H,11,12)(H,13,14);7H,4-6,10H2,1-3H3;2H,1H3;3,5-6H,1-2H2/t15-;12-;10-;9-;;7-;;/m0000.1../s1. The molecule has 16 rings (SSSR count). The Morgan fingerprint density at radius 2 is 0.766 bits per heavy atom. The van der Waals surface area contributed by atoms with Crippen LogP contribution in [0.3, 0.4) is 0 Å². The van der Waals surface area contributed by atoms with E-state index in [2.05, 4.69) is 105 Å². The zero-order valence-corrected chi connectivity index (χ0v) is 85.4.